The number of carbonyl (C=O) groups is 2. The second kappa shape index (κ2) is 6.78. The zero-order chi connectivity index (χ0) is 14.5. The Morgan fingerprint density at radius 3 is 3.15 bits per heavy atom. The van der Waals surface area contributed by atoms with Crippen LogP contribution in [0.5, 0.6) is 0 Å². The monoisotopic (exact) mass is 298 g/mol. The molecular weight excluding hydrogens is 280 g/mol. The third-order valence-electron chi connectivity index (χ3n) is 2.99. The van der Waals surface area contributed by atoms with E-state index in [0.29, 0.717) is 18.3 Å². The molecule has 1 unspecified atom stereocenters. The second-order valence-electron chi connectivity index (χ2n) is 4.50. The molecule has 1 aromatic heterocycles. The molecule has 8 heteroatoms. The Bertz CT molecular complexity index is 491. The predicted molar refractivity (Wildman–Crippen MR) is 75.7 cm³/mol. The number of anilines is 1. The number of aromatic nitrogens is 1. The van der Waals surface area contributed by atoms with Crippen LogP contribution in [0.25, 0.3) is 0 Å². The van der Waals surface area contributed by atoms with Crippen molar-refractivity contribution in [3.8, 4) is 0 Å². The number of hydrogen-bond donors (Lipinski definition) is 2. The number of nitrogens with zero attached hydrogens (tertiary/aromatic N) is 2. The van der Waals surface area contributed by atoms with Crippen molar-refractivity contribution < 1.29 is 14.3 Å². The van der Waals surface area contributed by atoms with Crippen LogP contribution in [0, 0.1) is 0 Å². The lowest BCUT2D eigenvalue weighted by molar-refractivity contribution is -0.132. The number of imide groups is 1. The van der Waals surface area contributed by atoms with Crippen molar-refractivity contribution in [3.05, 3.63) is 11.1 Å². The standard InChI is InChI=1S/C12H18N4O3S/c1-8-11(18)15-10(17)7-16(8)12-14-6-9(20-12)5-13-3-4-19-2/h6,8,13H,3-5,7H2,1-2H3,(H,15,17,18). The molecule has 0 spiro atoms. The van der Waals surface area contributed by atoms with Crippen molar-refractivity contribution in [2.45, 2.75) is 19.5 Å². The largest absolute Gasteiger partial charge is 0.383 e. The van der Waals surface area contributed by atoms with Gasteiger partial charge in [-0.15, -0.1) is 11.3 Å². The number of carbonyl (C=O) groups excluding carboxylic acids is 2. The van der Waals surface area contributed by atoms with E-state index < -0.39 is 0 Å². The molecular formula is C12H18N4O3S. The number of methoxy groups -OCH3 is 1. The van der Waals surface area contributed by atoms with Gasteiger partial charge in [-0.3, -0.25) is 14.9 Å². The third-order valence-corrected chi connectivity index (χ3v) is 4.03. The Morgan fingerprint density at radius 2 is 2.40 bits per heavy atom. The Labute approximate surface area is 121 Å². The average molecular weight is 298 g/mol. The molecule has 7 nitrogen and oxygen atoms in total. The molecule has 2 N–H and O–H groups in total. The first kappa shape index (κ1) is 14.9. The Hall–Kier alpha value is -1.51. The molecule has 1 atom stereocenters. The van der Waals surface area contributed by atoms with E-state index in [4.69, 9.17) is 4.74 Å². The first-order valence-corrected chi connectivity index (χ1v) is 7.18. The predicted octanol–water partition coefficient (Wildman–Crippen LogP) is -0.270. The van der Waals surface area contributed by atoms with Gasteiger partial charge < -0.3 is 15.0 Å². The number of amides is 2. The summed E-state index contributed by atoms with van der Waals surface area (Å²) in [6, 6.07) is -0.381. The molecule has 2 amide bonds. The van der Waals surface area contributed by atoms with Crippen LogP contribution in [-0.2, 0) is 20.9 Å². The number of piperazine rings is 1. The van der Waals surface area contributed by atoms with Gasteiger partial charge in [-0.1, -0.05) is 0 Å². The zero-order valence-electron chi connectivity index (χ0n) is 11.5. The third kappa shape index (κ3) is 3.53. The molecule has 2 rings (SSSR count). The summed E-state index contributed by atoms with van der Waals surface area (Å²) >= 11 is 1.48. The van der Waals surface area contributed by atoms with E-state index in [1.165, 1.54) is 11.3 Å². The van der Waals surface area contributed by atoms with E-state index in [1.54, 1.807) is 25.1 Å². The van der Waals surface area contributed by atoms with Crippen molar-refractivity contribution >= 4 is 28.3 Å². The molecule has 0 bridgehead atoms. The summed E-state index contributed by atoms with van der Waals surface area (Å²) in [5.74, 6) is -0.570. The number of nitrogens with one attached hydrogen (secondary N) is 2. The summed E-state index contributed by atoms with van der Waals surface area (Å²) < 4.78 is 4.95. The Morgan fingerprint density at radius 1 is 1.60 bits per heavy atom. The van der Waals surface area contributed by atoms with Gasteiger partial charge >= 0.3 is 0 Å². The van der Waals surface area contributed by atoms with Crippen molar-refractivity contribution in [2.24, 2.45) is 0 Å². The van der Waals surface area contributed by atoms with Crippen LogP contribution in [-0.4, -0.2) is 49.6 Å². The molecule has 0 aromatic carbocycles. The topological polar surface area (TPSA) is 83.6 Å². The quantitative estimate of drug-likeness (QED) is 0.556. The summed E-state index contributed by atoms with van der Waals surface area (Å²) in [5, 5.41) is 6.24. The SMILES string of the molecule is COCCNCc1cnc(N2CC(=O)NC(=O)C2C)s1. The van der Waals surface area contributed by atoms with Gasteiger partial charge in [0.15, 0.2) is 5.13 Å². The van der Waals surface area contributed by atoms with Gasteiger partial charge in [0.05, 0.1) is 6.61 Å². The van der Waals surface area contributed by atoms with E-state index in [2.05, 4.69) is 15.6 Å². The lowest BCUT2D eigenvalue weighted by Crippen LogP contribution is -2.57. The molecule has 1 fully saturated rings. The van der Waals surface area contributed by atoms with Gasteiger partial charge in [0, 0.05) is 31.3 Å². The number of ether oxygens (including phenoxy) is 1. The number of thiazole rings is 1. The van der Waals surface area contributed by atoms with Gasteiger partial charge in [0.2, 0.25) is 11.8 Å². The molecule has 0 saturated carbocycles. The van der Waals surface area contributed by atoms with Gasteiger partial charge in [-0.25, -0.2) is 4.98 Å². The Balaban J connectivity index is 1.97. The summed E-state index contributed by atoms with van der Waals surface area (Å²) in [4.78, 5) is 30.1. The highest BCUT2D eigenvalue weighted by Crippen LogP contribution is 2.25. The van der Waals surface area contributed by atoms with Crippen LogP contribution < -0.4 is 15.5 Å². The maximum Gasteiger partial charge on any atom is 0.249 e. The van der Waals surface area contributed by atoms with E-state index >= 15 is 0 Å². The maximum absolute atomic E-state index is 11.6. The second-order valence-corrected chi connectivity index (χ2v) is 5.59. The fraction of sp³-hybridized carbons (Fsp3) is 0.583. The molecule has 20 heavy (non-hydrogen) atoms. The molecule has 1 aliphatic rings. The minimum absolute atomic E-state index is 0.164. The van der Waals surface area contributed by atoms with Crippen LogP contribution in [0.3, 0.4) is 0 Å². The highest BCUT2D eigenvalue weighted by molar-refractivity contribution is 7.15. The van der Waals surface area contributed by atoms with Crippen LogP contribution in [0.2, 0.25) is 0 Å². The molecule has 0 aliphatic carbocycles. The van der Waals surface area contributed by atoms with E-state index in [0.717, 1.165) is 11.4 Å². The van der Waals surface area contributed by atoms with Crippen molar-refractivity contribution in [3.63, 3.8) is 0 Å². The van der Waals surface area contributed by atoms with Gasteiger partial charge in [-0.2, -0.15) is 0 Å². The van der Waals surface area contributed by atoms with Crippen molar-refractivity contribution in [2.75, 3.05) is 31.7 Å². The first-order valence-electron chi connectivity index (χ1n) is 6.36. The minimum atomic E-state index is -0.381. The molecule has 0 radical (unpaired) electrons. The fourth-order valence-electron chi connectivity index (χ4n) is 1.85. The first-order chi connectivity index (χ1) is 9.61. The summed E-state index contributed by atoms with van der Waals surface area (Å²) in [7, 11) is 1.66. The number of hydrogen-bond acceptors (Lipinski definition) is 7. The molecule has 1 aromatic rings. The van der Waals surface area contributed by atoms with Crippen molar-refractivity contribution in [1.29, 1.82) is 0 Å². The highest BCUT2D eigenvalue weighted by atomic mass is 32.1. The molecule has 1 aliphatic heterocycles. The van der Waals surface area contributed by atoms with Crippen LogP contribution in [0.1, 0.15) is 11.8 Å². The van der Waals surface area contributed by atoms with Crippen LogP contribution in [0.15, 0.2) is 6.20 Å². The fourth-order valence-corrected chi connectivity index (χ4v) is 2.80. The normalized spacial score (nSPS) is 19.3. The van der Waals surface area contributed by atoms with Gasteiger partial charge in [0.25, 0.3) is 0 Å². The van der Waals surface area contributed by atoms with Crippen LogP contribution >= 0.6 is 11.3 Å². The highest BCUT2D eigenvalue weighted by Gasteiger charge is 2.31. The van der Waals surface area contributed by atoms with E-state index in [9.17, 15) is 9.59 Å². The van der Waals surface area contributed by atoms with E-state index in [-0.39, 0.29) is 24.4 Å². The lowest BCUT2D eigenvalue weighted by Gasteiger charge is -2.31. The van der Waals surface area contributed by atoms with Crippen LogP contribution in [0.4, 0.5) is 5.13 Å². The molecule has 1 saturated heterocycles. The minimum Gasteiger partial charge on any atom is -0.383 e. The van der Waals surface area contributed by atoms with E-state index in [1.807, 2.05) is 0 Å². The number of rotatable bonds is 6. The smallest absolute Gasteiger partial charge is 0.249 e. The average Bonchev–Trinajstić information content (AvgIpc) is 2.87. The lowest BCUT2D eigenvalue weighted by atomic mass is 10.2. The van der Waals surface area contributed by atoms with Gasteiger partial charge in [0.1, 0.15) is 12.6 Å². The Kier molecular flexibility index (Phi) is 5.05. The molecule has 2 heterocycles. The van der Waals surface area contributed by atoms with Gasteiger partial charge in [-0.05, 0) is 6.92 Å². The maximum atomic E-state index is 11.6. The summed E-state index contributed by atoms with van der Waals surface area (Å²) in [6.45, 7) is 4.05. The molecule has 110 valence electrons. The summed E-state index contributed by atoms with van der Waals surface area (Å²) in [6.07, 6.45) is 1.77. The summed E-state index contributed by atoms with van der Waals surface area (Å²) in [5.41, 5.74) is 0. The zero-order valence-corrected chi connectivity index (χ0v) is 12.3. The van der Waals surface area contributed by atoms with Crippen molar-refractivity contribution in [1.82, 2.24) is 15.6 Å².